The molecular weight excluding hydrogens is 498 g/mol. The van der Waals surface area contributed by atoms with Gasteiger partial charge in [-0.1, -0.05) is 6.92 Å². The Labute approximate surface area is 205 Å². The molecule has 0 aliphatic heterocycles. The highest BCUT2D eigenvalue weighted by Crippen LogP contribution is 2.39. The number of carbonyl (C=O) groups is 1. The van der Waals surface area contributed by atoms with Crippen molar-refractivity contribution in [2.75, 3.05) is 19.0 Å². The van der Waals surface area contributed by atoms with Crippen LogP contribution in [0.4, 0.5) is 5.95 Å². The fourth-order valence-corrected chi connectivity index (χ4v) is 5.17. The molecule has 176 valence electrons. The van der Waals surface area contributed by atoms with Crippen molar-refractivity contribution < 1.29 is 9.90 Å². The summed E-state index contributed by atoms with van der Waals surface area (Å²) in [6.45, 7) is 2.09. The smallest absolute Gasteiger partial charge is 0.225 e. The summed E-state index contributed by atoms with van der Waals surface area (Å²) < 4.78 is 2.45. The molecule has 0 spiro atoms. The van der Waals surface area contributed by atoms with E-state index in [1.807, 2.05) is 31.2 Å². The summed E-state index contributed by atoms with van der Waals surface area (Å²) in [5.41, 5.74) is 3.00. The monoisotopic (exact) mass is 523 g/mol. The van der Waals surface area contributed by atoms with Crippen LogP contribution in [0.5, 0.6) is 0 Å². The Hall–Kier alpha value is -3.11. The molecule has 2 atom stereocenters. The van der Waals surface area contributed by atoms with Crippen LogP contribution in [0.2, 0.25) is 0 Å². The maximum Gasteiger partial charge on any atom is 0.225 e. The minimum atomic E-state index is -0.380. The summed E-state index contributed by atoms with van der Waals surface area (Å²) in [6.07, 6.45) is 6.53. The van der Waals surface area contributed by atoms with Gasteiger partial charge in [0.2, 0.25) is 11.9 Å². The Kier molecular flexibility index (Phi) is 5.95. The minimum Gasteiger partial charge on any atom is -0.396 e. The second-order valence-corrected chi connectivity index (χ2v) is 9.80. The number of nitrogens with zero attached hydrogens (tertiary/aromatic N) is 5. The van der Waals surface area contributed by atoms with Crippen molar-refractivity contribution in [2.24, 2.45) is 5.41 Å². The molecule has 3 aromatic heterocycles. The molecule has 0 unspecified atom stereocenters. The SMILES string of the molecule is CNC(=O)[C@]1(C)CC[C@@H](Nc2ncc3c(Br)nn(-c4ccc5ncc(CCO)cc5c4)c3n2)C1. The molecule has 34 heavy (non-hydrogen) atoms. The fraction of sp³-hybridized carbons (Fsp3) is 0.375. The Balaban J connectivity index is 1.47. The van der Waals surface area contributed by atoms with E-state index < -0.39 is 0 Å². The first kappa shape index (κ1) is 22.7. The number of hydrogen-bond donors (Lipinski definition) is 3. The maximum atomic E-state index is 12.3. The molecule has 1 aromatic carbocycles. The highest BCUT2D eigenvalue weighted by Gasteiger charge is 2.40. The van der Waals surface area contributed by atoms with Gasteiger partial charge in [-0.3, -0.25) is 9.78 Å². The summed E-state index contributed by atoms with van der Waals surface area (Å²) in [7, 11) is 1.68. The zero-order valence-corrected chi connectivity index (χ0v) is 20.6. The van der Waals surface area contributed by atoms with E-state index in [2.05, 4.69) is 41.6 Å². The first-order chi connectivity index (χ1) is 16.4. The molecule has 1 fully saturated rings. The number of rotatable bonds is 6. The maximum absolute atomic E-state index is 12.3. The number of aromatic nitrogens is 5. The number of nitrogens with one attached hydrogen (secondary N) is 2. The number of fused-ring (bicyclic) bond motifs is 2. The molecule has 0 radical (unpaired) electrons. The van der Waals surface area contributed by atoms with Gasteiger partial charge >= 0.3 is 0 Å². The van der Waals surface area contributed by atoms with Crippen LogP contribution < -0.4 is 10.6 Å². The summed E-state index contributed by atoms with van der Waals surface area (Å²) >= 11 is 3.53. The van der Waals surface area contributed by atoms with Crippen LogP contribution in [0.15, 0.2) is 41.3 Å². The van der Waals surface area contributed by atoms with Gasteiger partial charge < -0.3 is 15.7 Å². The van der Waals surface area contributed by atoms with Crippen LogP contribution in [0.3, 0.4) is 0 Å². The Morgan fingerprint density at radius 3 is 2.94 bits per heavy atom. The number of carbonyl (C=O) groups excluding carboxylic acids is 1. The van der Waals surface area contributed by atoms with Gasteiger partial charge in [-0.05, 0) is 71.4 Å². The fourth-order valence-electron chi connectivity index (χ4n) is 4.74. The van der Waals surface area contributed by atoms with E-state index >= 15 is 0 Å². The van der Waals surface area contributed by atoms with Gasteiger partial charge in [0.25, 0.3) is 0 Å². The van der Waals surface area contributed by atoms with Gasteiger partial charge in [0.1, 0.15) is 4.60 Å². The van der Waals surface area contributed by atoms with E-state index in [0.29, 0.717) is 22.6 Å². The molecule has 1 saturated carbocycles. The lowest BCUT2D eigenvalue weighted by atomic mass is 9.87. The van der Waals surface area contributed by atoms with Crippen molar-refractivity contribution in [1.29, 1.82) is 0 Å². The zero-order valence-electron chi connectivity index (χ0n) is 19.0. The lowest BCUT2D eigenvalue weighted by Crippen LogP contribution is -2.35. The van der Waals surface area contributed by atoms with Crippen LogP contribution in [0.25, 0.3) is 27.6 Å². The predicted molar refractivity (Wildman–Crippen MR) is 134 cm³/mol. The highest BCUT2D eigenvalue weighted by molar-refractivity contribution is 9.10. The summed E-state index contributed by atoms with van der Waals surface area (Å²) in [5, 5.41) is 21.9. The lowest BCUT2D eigenvalue weighted by molar-refractivity contribution is -0.129. The Morgan fingerprint density at radius 2 is 2.15 bits per heavy atom. The van der Waals surface area contributed by atoms with Crippen molar-refractivity contribution >= 4 is 49.7 Å². The molecule has 4 aromatic rings. The second kappa shape index (κ2) is 8.92. The van der Waals surface area contributed by atoms with E-state index in [0.717, 1.165) is 46.8 Å². The van der Waals surface area contributed by atoms with Crippen molar-refractivity contribution in [3.05, 3.63) is 46.8 Å². The number of aliphatic hydroxyl groups excluding tert-OH is 1. The number of pyridine rings is 1. The van der Waals surface area contributed by atoms with Crippen LogP contribution in [0, 0.1) is 5.41 Å². The van der Waals surface area contributed by atoms with Crippen LogP contribution in [0.1, 0.15) is 31.7 Å². The second-order valence-electron chi connectivity index (χ2n) is 9.05. The Bertz CT molecular complexity index is 1390. The molecular formula is C24H26BrN7O2. The van der Waals surface area contributed by atoms with Crippen molar-refractivity contribution in [3.63, 3.8) is 0 Å². The van der Waals surface area contributed by atoms with E-state index in [-0.39, 0.29) is 24.0 Å². The van der Waals surface area contributed by atoms with E-state index in [4.69, 9.17) is 4.98 Å². The average molecular weight is 524 g/mol. The molecule has 5 rings (SSSR count). The van der Waals surface area contributed by atoms with Gasteiger partial charge in [-0.25, -0.2) is 9.67 Å². The third-order valence-electron chi connectivity index (χ3n) is 6.60. The lowest BCUT2D eigenvalue weighted by Gasteiger charge is -2.22. The molecule has 3 N–H and O–H groups in total. The standard InChI is InChI=1S/C24H26BrN7O2/c1-24(22(34)26-2)7-5-16(11-24)29-23-28-13-18-20(25)31-32(21(18)30-23)17-3-4-19-15(10-17)9-14(6-8-33)12-27-19/h3-4,9-10,12-13,16,33H,5-8,11H2,1-2H3,(H,26,34)(H,28,29,30)/t16-,24-/m1/s1. The number of aliphatic hydroxyl groups is 1. The number of hydrogen-bond acceptors (Lipinski definition) is 7. The first-order valence-corrected chi connectivity index (χ1v) is 12.1. The third kappa shape index (κ3) is 4.12. The number of benzene rings is 1. The summed E-state index contributed by atoms with van der Waals surface area (Å²) in [6, 6.07) is 8.09. The topological polar surface area (TPSA) is 118 Å². The third-order valence-corrected chi connectivity index (χ3v) is 7.18. The molecule has 1 amide bonds. The highest BCUT2D eigenvalue weighted by atomic mass is 79.9. The first-order valence-electron chi connectivity index (χ1n) is 11.3. The quantitative estimate of drug-likeness (QED) is 0.354. The molecule has 0 saturated heterocycles. The molecule has 10 heteroatoms. The van der Waals surface area contributed by atoms with Gasteiger partial charge in [-0.2, -0.15) is 10.1 Å². The van der Waals surface area contributed by atoms with Crippen LogP contribution in [-0.2, 0) is 11.2 Å². The van der Waals surface area contributed by atoms with Crippen molar-refractivity contribution in [2.45, 2.75) is 38.6 Å². The normalized spacial score (nSPS) is 20.2. The number of halogens is 1. The van der Waals surface area contributed by atoms with Crippen LogP contribution in [-0.4, -0.2) is 55.4 Å². The van der Waals surface area contributed by atoms with Crippen molar-refractivity contribution in [1.82, 2.24) is 30.0 Å². The van der Waals surface area contributed by atoms with E-state index in [9.17, 15) is 9.90 Å². The zero-order chi connectivity index (χ0) is 23.9. The molecule has 0 bridgehead atoms. The summed E-state index contributed by atoms with van der Waals surface area (Å²) in [5.74, 6) is 0.586. The van der Waals surface area contributed by atoms with Crippen molar-refractivity contribution in [3.8, 4) is 5.69 Å². The predicted octanol–water partition coefficient (Wildman–Crippen LogP) is 3.38. The Morgan fingerprint density at radius 1 is 1.29 bits per heavy atom. The van der Waals surface area contributed by atoms with Gasteiger partial charge in [-0.15, -0.1) is 0 Å². The van der Waals surface area contributed by atoms with Gasteiger partial charge in [0.05, 0.1) is 16.6 Å². The molecule has 3 heterocycles. The van der Waals surface area contributed by atoms with Gasteiger partial charge in [0.15, 0.2) is 5.65 Å². The average Bonchev–Trinajstić information content (AvgIpc) is 3.38. The van der Waals surface area contributed by atoms with E-state index in [1.54, 1.807) is 24.1 Å². The molecule has 1 aliphatic rings. The largest absolute Gasteiger partial charge is 0.396 e. The number of anilines is 1. The number of amides is 1. The van der Waals surface area contributed by atoms with Gasteiger partial charge in [0, 0.05) is 42.9 Å². The van der Waals surface area contributed by atoms with Crippen LogP contribution >= 0.6 is 15.9 Å². The van der Waals surface area contributed by atoms with E-state index in [1.165, 1.54) is 0 Å². The summed E-state index contributed by atoms with van der Waals surface area (Å²) in [4.78, 5) is 26.0. The molecule has 1 aliphatic carbocycles. The minimum absolute atomic E-state index is 0.0723. The molecule has 9 nitrogen and oxygen atoms in total.